The van der Waals surface area contributed by atoms with Crippen LogP contribution in [0.5, 0.6) is 0 Å². The Bertz CT molecular complexity index is 602. The Morgan fingerprint density at radius 2 is 1.86 bits per heavy atom. The molecule has 0 aliphatic heterocycles. The van der Waals surface area contributed by atoms with Crippen molar-refractivity contribution in [2.45, 2.75) is 96.0 Å². The van der Waals surface area contributed by atoms with E-state index in [0.717, 1.165) is 38.8 Å². The fourth-order valence-electron chi connectivity index (χ4n) is 4.83. The molecular weight excluding hydrogens is 389 g/mol. The summed E-state index contributed by atoms with van der Waals surface area (Å²) in [6.07, 6.45) is 12.0. The molecule has 0 saturated heterocycles. The van der Waals surface area contributed by atoms with Gasteiger partial charge in [-0.15, -0.1) is 0 Å². The molecule has 2 rings (SSSR count). The Hall–Kier alpha value is -0.280. The Morgan fingerprint density at radius 3 is 2.43 bits per heavy atom. The first-order valence-electron chi connectivity index (χ1n) is 11.2. The average Bonchev–Trinajstić information content (AvgIpc) is 2.64. The maximum Gasteiger partial charge on any atom is 0.0775 e. The lowest BCUT2D eigenvalue weighted by Gasteiger charge is -2.57. The van der Waals surface area contributed by atoms with Crippen LogP contribution in [0.1, 0.15) is 90.5 Å². The highest BCUT2D eigenvalue weighted by molar-refractivity contribution is 6.42. The third-order valence-electron chi connectivity index (χ3n) is 7.06. The van der Waals surface area contributed by atoms with E-state index < -0.39 is 0 Å². The van der Waals surface area contributed by atoms with Crippen LogP contribution in [0.2, 0.25) is 10.0 Å². The van der Waals surface area contributed by atoms with Crippen molar-refractivity contribution in [3.8, 4) is 0 Å². The first-order valence-corrected chi connectivity index (χ1v) is 12.0. The van der Waals surface area contributed by atoms with Crippen LogP contribution in [0.4, 0.5) is 0 Å². The molecule has 1 aromatic carbocycles. The van der Waals surface area contributed by atoms with Crippen LogP contribution < -0.4 is 5.73 Å². The molecule has 1 aliphatic carbocycles. The lowest BCUT2D eigenvalue weighted by Crippen LogP contribution is -2.59. The smallest absolute Gasteiger partial charge is 0.0775 e. The van der Waals surface area contributed by atoms with Crippen LogP contribution in [0, 0.1) is 5.92 Å². The Labute approximate surface area is 182 Å². The molecule has 0 spiro atoms. The molecule has 2 unspecified atom stereocenters. The predicted molar refractivity (Wildman–Crippen MR) is 123 cm³/mol. The first kappa shape index (κ1) is 24.0. The molecule has 2 atom stereocenters. The van der Waals surface area contributed by atoms with E-state index in [1.54, 1.807) is 0 Å². The third-order valence-corrected chi connectivity index (χ3v) is 7.80. The van der Waals surface area contributed by atoms with E-state index >= 15 is 0 Å². The molecule has 4 heteroatoms. The summed E-state index contributed by atoms with van der Waals surface area (Å²) in [5.41, 5.74) is 6.80. The minimum atomic E-state index is -0.205. The third kappa shape index (κ3) is 5.25. The van der Waals surface area contributed by atoms with Gasteiger partial charge in [0.25, 0.3) is 0 Å². The molecule has 28 heavy (non-hydrogen) atoms. The van der Waals surface area contributed by atoms with Gasteiger partial charge in [-0.05, 0) is 69.2 Å². The van der Waals surface area contributed by atoms with Gasteiger partial charge in [0, 0.05) is 12.0 Å². The van der Waals surface area contributed by atoms with Gasteiger partial charge in [0.1, 0.15) is 0 Å². The molecular formula is C24H39Cl2NO. The number of hydrogen-bond donors (Lipinski definition) is 1. The van der Waals surface area contributed by atoms with Gasteiger partial charge in [0.05, 0.1) is 15.6 Å². The summed E-state index contributed by atoms with van der Waals surface area (Å²) in [6.45, 7) is 8.50. The number of nitrogens with two attached hydrogens (primary N) is 1. The molecule has 160 valence electrons. The molecule has 2 nitrogen and oxygen atoms in total. The monoisotopic (exact) mass is 427 g/mol. The zero-order chi connectivity index (χ0) is 20.6. The van der Waals surface area contributed by atoms with Crippen molar-refractivity contribution >= 4 is 23.2 Å². The van der Waals surface area contributed by atoms with Gasteiger partial charge in [-0.1, -0.05) is 75.2 Å². The van der Waals surface area contributed by atoms with Crippen LogP contribution >= 0.6 is 23.2 Å². The van der Waals surface area contributed by atoms with Crippen molar-refractivity contribution < 1.29 is 4.74 Å². The van der Waals surface area contributed by atoms with Gasteiger partial charge in [-0.25, -0.2) is 0 Å². The lowest BCUT2D eigenvalue weighted by atomic mass is 9.52. The number of hydrogen-bond acceptors (Lipinski definition) is 2. The highest BCUT2D eigenvalue weighted by Crippen LogP contribution is 2.56. The second kappa shape index (κ2) is 11.2. The number of rotatable bonds is 13. The van der Waals surface area contributed by atoms with Gasteiger partial charge in [-0.2, -0.15) is 0 Å². The van der Waals surface area contributed by atoms with Gasteiger partial charge in [0.15, 0.2) is 0 Å². The van der Waals surface area contributed by atoms with Crippen LogP contribution in [0.3, 0.4) is 0 Å². The maximum atomic E-state index is 6.75. The SMILES string of the molecule is CCCCCCC(C)C(C)(OCCCCN)C1(c2ccc(Cl)c(Cl)c2)CCC1. The number of halogens is 2. The molecule has 1 fully saturated rings. The molecule has 1 saturated carbocycles. The molecule has 0 radical (unpaired) electrons. The second-order valence-corrected chi connectivity index (χ2v) is 9.58. The summed E-state index contributed by atoms with van der Waals surface area (Å²) in [6, 6.07) is 6.19. The van der Waals surface area contributed by atoms with E-state index in [2.05, 4.69) is 32.9 Å². The van der Waals surface area contributed by atoms with E-state index in [-0.39, 0.29) is 11.0 Å². The highest BCUT2D eigenvalue weighted by Gasteiger charge is 2.56. The van der Waals surface area contributed by atoms with Crippen molar-refractivity contribution in [3.63, 3.8) is 0 Å². The van der Waals surface area contributed by atoms with Crippen molar-refractivity contribution in [1.29, 1.82) is 0 Å². The van der Waals surface area contributed by atoms with Crippen LogP contribution in [-0.4, -0.2) is 18.8 Å². The lowest BCUT2D eigenvalue weighted by molar-refractivity contribution is -0.151. The molecule has 0 aromatic heterocycles. The molecule has 1 aliphatic rings. The number of ether oxygens (including phenoxy) is 1. The predicted octanol–water partition coefficient (Wildman–Crippen LogP) is 7.54. The van der Waals surface area contributed by atoms with E-state index in [1.807, 2.05) is 6.07 Å². The second-order valence-electron chi connectivity index (χ2n) is 8.77. The normalized spacial score (nSPS) is 19.1. The van der Waals surface area contributed by atoms with Crippen molar-refractivity contribution in [2.24, 2.45) is 11.7 Å². The van der Waals surface area contributed by atoms with Gasteiger partial charge in [0.2, 0.25) is 0 Å². The van der Waals surface area contributed by atoms with Crippen molar-refractivity contribution in [2.75, 3.05) is 13.2 Å². The molecule has 0 amide bonds. The van der Waals surface area contributed by atoms with E-state index in [1.165, 1.54) is 44.1 Å². The largest absolute Gasteiger partial charge is 0.374 e. The Kier molecular flexibility index (Phi) is 9.60. The number of unbranched alkanes of at least 4 members (excludes halogenated alkanes) is 4. The van der Waals surface area contributed by atoms with Crippen molar-refractivity contribution in [1.82, 2.24) is 0 Å². The minimum absolute atomic E-state index is 0.0219. The molecule has 0 bridgehead atoms. The van der Waals surface area contributed by atoms with Crippen LogP contribution in [-0.2, 0) is 10.2 Å². The summed E-state index contributed by atoms with van der Waals surface area (Å²) < 4.78 is 6.75. The zero-order valence-electron chi connectivity index (χ0n) is 18.0. The van der Waals surface area contributed by atoms with E-state index in [9.17, 15) is 0 Å². The maximum absolute atomic E-state index is 6.75. The van der Waals surface area contributed by atoms with Gasteiger partial charge >= 0.3 is 0 Å². The summed E-state index contributed by atoms with van der Waals surface area (Å²) in [7, 11) is 0. The summed E-state index contributed by atoms with van der Waals surface area (Å²) in [5.74, 6) is 0.483. The van der Waals surface area contributed by atoms with Gasteiger partial charge < -0.3 is 10.5 Å². The fraction of sp³-hybridized carbons (Fsp3) is 0.750. The standard InChI is InChI=1S/C24H39Cl2NO/c1-4-5-6-7-11-19(2)23(3,28-17-9-8-16-27)24(14-10-15-24)20-12-13-21(25)22(26)18-20/h12-13,18-19H,4-11,14-17,27H2,1-3H3. The Balaban J connectivity index is 2.27. The Morgan fingerprint density at radius 1 is 1.11 bits per heavy atom. The number of benzene rings is 1. The fourth-order valence-corrected chi connectivity index (χ4v) is 5.13. The van der Waals surface area contributed by atoms with E-state index in [0.29, 0.717) is 16.0 Å². The zero-order valence-corrected chi connectivity index (χ0v) is 19.5. The van der Waals surface area contributed by atoms with Crippen LogP contribution in [0.15, 0.2) is 18.2 Å². The average molecular weight is 428 g/mol. The molecule has 2 N–H and O–H groups in total. The summed E-state index contributed by atoms with van der Waals surface area (Å²) in [4.78, 5) is 0. The first-order chi connectivity index (χ1) is 13.4. The van der Waals surface area contributed by atoms with Crippen LogP contribution in [0.25, 0.3) is 0 Å². The topological polar surface area (TPSA) is 35.2 Å². The molecule has 1 aromatic rings. The summed E-state index contributed by atoms with van der Waals surface area (Å²) >= 11 is 12.6. The summed E-state index contributed by atoms with van der Waals surface area (Å²) in [5, 5.41) is 1.27. The van der Waals surface area contributed by atoms with Gasteiger partial charge in [-0.3, -0.25) is 0 Å². The highest BCUT2D eigenvalue weighted by atomic mass is 35.5. The van der Waals surface area contributed by atoms with Crippen molar-refractivity contribution in [3.05, 3.63) is 33.8 Å². The van der Waals surface area contributed by atoms with E-state index in [4.69, 9.17) is 33.7 Å². The quantitative estimate of drug-likeness (QED) is 0.330. The minimum Gasteiger partial charge on any atom is -0.374 e. The molecule has 0 heterocycles.